The highest BCUT2D eigenvalue weighted by Crippen LogP contribution is 2.25. The Morgan fingerprint density at radius 2 is 1.62 bits per heavy atom. The summed E-state index contributed by atoms with van der Waals surface area (Å²) in [6.07, 6.45) is 0.717. The van der Waals surface area contributed by atoms with Crippen molar-refractivity contribution in [1.82, 2.24) is 4.98 Å². The Bertz CT molecular complexity index is 709. The molecule has 0 radical (unpaired) electrons. The summed E-state index contributed by atoms with van der Waals surface area (Å²) < 4.78 is 65.7. The van der Waals surface area contributed by atoms with Gasteiger partial charge in [-0.1, -0.05) is 0 Å². The van der Waals surface area contributed by atoms with E-state index in [2.05, 4.69) is 4.98 Å². The molecule has 21 heavy (non-hydrogen) atoms. The zero-order chi connectivity index (χ0) is 15.7. The van der Waals surface area contributed by atoms with Gasteiger partial charge >= 0.3 is 0 Å². The van der Waals surface area contributed by atoms with Crippen molar-refractivity contribution in [3.63, 3.8) is 0 Å². The molecule has 4 nitrogen and oxygen atoms in total. The van der Waals surface area contributed by atoms with Gasteiger partial charge in [0.15, 0.2) is 23.3 Å². The lowest BCUT2D eigenvalue weighted by atomic mass is 10.2. The highest BCUT2D eigenvalue weighted by molar-refractivity contribution is 6.07. The van der Waals surface area contributed by atoms with Gasteiger partial charge in [-0.25, -0.2) is 26.9 Å². The molecule has 110 valence electrons. The van der Waals surface area contributed by atoms with E-state index in [9.17, 15) is 26.7 Å². The van der Waals surface area contributed by atoms with Crippen molar-refractivity contribution in [2.24, 2.45) is 0 Å². The molecule has 1 aromatic heterocycles. The molecule has 0 fully saturated rings. The van der Waals surface area contributed by atoms with Crippen LogP contribution in [0.4, 0.5) is 33.5 Å². The zero-order valence-electron chi connectivity index (χ0n) is 10.1. The molecule has 2 aromatic rings. The summed E-state index contributed by atoms with van der Waals surface area (Å²) in [6, 6.07) is 0.640. The Labute approximate surface area is 114 Å². The van der Waals surface area contributed by atoms with E-state index >= 15 is 0 Å². The molecule has 1 heterocycles. The van der Waals surface area contributed by atoms with E-state index in [1.165, 1.54) is 0 Å². The van der Waals surface area contributed by atoms with E-state index in [1.54, 1.807) is 5.32 Å². The van der Waals surface area contributed by atoms with Gasteiger partial charge in [-0.3, -0.25) is 4.79 Å². The maximum absolute atomic E-state index is 13.4. The van der Waals surface area contributed by atoms with Crippen LogP contribution in [-0.2, 0) is 0 Å². The molecular formula is C12H6F5N3O. The number of anilines is 2. The highest BCUT2D eigenvalue weighted by Gasteiger charge is 2.22. The van der Waals surface area contributed by atoms with Gasteiger partial charge in [0.1, 0.15) is 17.3 Å². The normalized spacial score (nSPS) is 10.5. The van der Waals surface area contributed by atoms with Crippen molar-refractivity contribution in [2.45, 2.75) is 0 Å². The Balaban J connectivity index is 2.43. The Morgan fingerprint density at radius 3 is 2.19 bits per heavy atom. The summed E-state index contributed by atoms with van der Waals surface area (Å²) >= 11 is 0. The lowest BCUT2D eigenvalue weighted by Gasteiger charge is -2.10. The first-order valence-corrected chi connectivity index (χ1v) is 5.36. The van der Waals surface area contributed by atoms with Crippen molar-refractivity contribution in [3.05, 3.63) is 53.0 Å². The monoisotopic (exact) mass is 303 g/mol. The third-order valence-electron chi connectivity index (χ3n) is 2.48. The molecule has 0 atom stereocenters. The molecule has 0 bridgehead atoms. The Hall–Kier alpha value is -2.71. The third kappa shape index (κ3) is 2.76. The van der Waals surface area contributed by atoms with Gasteiger partial charge in [0.25, 0.3) is 5.91 Å². The lowest BCUT2D eigenvalue weighted by molar-refractivity contribution is 0.102. The molecule has 3 N–H and O–H groups in total. The van der Waals surface area contributed by atoms with Gasteiger partial charge < -0.3 is 11.1 Å². The molecule has 2 rings (SSSR count). The van der Waals surface area contributed by atoms with Gasteiger partial charge in [-0.15, -0.1) is 0 Å². The summed E-state index contributed by atoms with van der Waals surface area (Å²) in [5.74, 6) is -9.63. The number of carbonyl (C=O) groups excluding carboxylic acids is 1. The number of nitrogens with one attached hydrogen (secondary N) is 1. The average molecular weight is 303 g/mol. The van der Waals surface area contributed by atoms with E-state index in [0.717, 1.165) is 6.20 Å². The summed E-state index contributed by atoms with van der Waals surface area (Å²) in [4.78, 5) is 15.1. The van der Waals surface area contributed by atoms with E-state index in [1.807, 2.05) is 0 Å². The highest BCUT2D eigenvalue weighted by atomic mass is 19.2. The smallest absolute Gasteiger partial charge is 0.259 e. The summed E-state index contributed by atoms with van der Waals surface area (Å²) in [7, 11) is 0. The number of halogens is 5. The van der Waals surface area contributed by atoms with E-state index in [0.29, 0.717) is 6.07 Å². The maximum Gasteiger partial charge on any atom is 0.259 e. The summed E-state index contributed by atoms with van der Waals surface area (Å²) in [5.41, 5.74) is 3.42. The molecular weight excluding hydrogens is 297 g/mol. The van der Waals surface area contributed by atoms with Crippen LogP contribution >= 0.6 is 0 Å². The Kier molecular flexibility index (Phi) is 3.74. The predicted molar refractivity (Wildman–Crippen MR) is 62.8 cm³/mol. The number of hydrogen-bond donors (Lipinski definition) is 2. The Morgan fingerprint density at radius 1 is 1.05 bits per heavy atom. The van der Waals surface area contributed by atoms with E-state index < -0.39 is 52.1 Å². The molecule has 0 aliphatic carbocycles. The molecule has 1 aromatic carbocycles. The number of carbonyl (C=O) groups is 1. The van der Waals surface area contributed by atoms with Crippen LogP contribution in [0.5, 0.6) is 0 Å². The first-order valence-electron chi connectivity index (χ1n) is 5.36. The molecule has 0 saturated heterocycles. The molecule has 0 aliphatic heterocycles. The van der Waals surface area contributed by atoms with Crippen molar-refractivity contribution >= 4 is 17.4 Å². The van der Waals surface area contributed by atoms with E-state index in [4.69, 9.17) is 5.73 Å². The quantitative estimate of drug-likeness (QED) is 0.662. The minimum atomic E-state index is -1.80. The first kappa shape index (κ1) is 14.7. The van der Waals surface area contributed by atoms with Crippen molar-refractivity contribution in [2.75, 3.05) is 11.1 Å². The van der Waals surface area contributed by atoms with Crippen LogP contribution in [0, 0.1) is 29.1 Å². The van der Waals surface area contributed by atoms with Crippen LogP contribution in [0.15, 0.2) is 18.3 Å². The summed E-state index contributed by atoms with van der Waals surface area (Å²) in [5, 5.41) is 1.59. The number of benzene rings is 1. The number of amides is 1. The third-order valence-corrected chi connectivity index (χ3v) is 2.48. The molecule has 9 heteroatoms. The number of pyridine rings is 1. The lowest BCUT2D eigenvalue weighted by Crippen LogP contribution is -2.18. The largest absolute Gasteiger partial charge is 0.383 e. The number of nitrogen functional groups attached to an aromatic ring is 1. The second-order valence-electron chi connectivity index (χ2n) is 3.88. The SMILES string of the molecule is Nc1ncc(F)cc1C(=O)Nc1c(F)c(F)cc(F)c1F. The minimum Gasteiger partial charge on any atom is -0.383 e. The second-order valence-corrected chi connectivity index (χ2v) is 3.88. The van der Waals surface area contributed by atoms with Crippen LogP contribution in [0.25, 0.3) is 0 Å². The van der Waals surface area contributed by atoms with Crippen LogP contribution in [0.1, 0.15) is 10.4 Å². The molecule has 0 spiro atoms. The van der Waals surface area contributed by atoms with Crippen LogP contribution < -0.4 is 11.1 Å². The average Bonchev–Trinajstić information content (AvgIpc) is 2.43. The maximum atomic E-state index is 13.4. The van der Waals surface area contributed by atoms with Crippen molar-refractivity contribution in [1.29, 1.82) is 0 Å². The fraction of sp³-hybridized carbons (Fsp3) is 0. The zero-order valence-corrected chi connectivity index (χ0v) is 10.1. The number of hydrogen-bond acceptors (Lipinski definition) is 3. The van der Waals surface area contributed by atoms with Gasteiger partial charge in [0, 0.05) is 6.07 Å². The number of aromatic nitrogens is 1. The van der Waals surface area contributed by atoms with Gasteiger partial charge in [0.2, 0.25) is 0 Å². The number of rotatable bonds is 2. The first-order chi connectivity index (χ1) is 9.81. The number of nitrogens with two attached hydrogens (primary N) is 1. The number of nitrogens with zero attached hydrogens (tertiary/aromatic N) is 1. The molecule has 1 amide bonds. The van der Waals surface area contributed by atoms with Crippen LogP contribution in [-0.4, -0.2) is 10.9 Å². The fourth-order valence-electron chi connectivity index (χ4n) is 1.50. The van der Waals surface area contributed by atoms with Crippen LogP contribution in [0.3, 0.4) is 0 Å². The van der Waals surface area contributed by atoms with E-state index in [-0.39, 0.29) is 6.07 Å². The predicted octanol–water partition coefficient (Wildman–Crippen LogP) is 2.61. The summed E-state index contributed by atoms with van der Waals surface area (Å²) in [6.45, 7) is 0. The van der Waals surface area contributed by atoms with Crippen LogP contribution in [0.2, 0.25) is 0 Å². The van der Waals surface area contributed by atoms with Crippen molar-refractivity contribution in [3.8, 4) is 0 Å². The fourth-order valence-corrected chi connectivity index (χ4v) is 1.50. The molecule has 0 unspecified atom stereocenters. The minimum absolute atomic E-state index is 0.0155. The topological polar surface area (TPSA) is 68.0 Å². The van der Waals surface area contributed by atoms with Gasteiger partial charge in [-0.05, 0) is 6.07 Å². The van der Waals surface area contributed by atoms with Gasteiger partial charge in [-0.2, -0.15) is 0 Å². The van der Waals surface area contributed by atoms with Gasteiger partial charge in [0.05, 0.1) is 11.8 Å². The second kappa shape index (κ2) is 5.35. The van der Waals surface area contributed by atoms with Crippen molar-refractivity contribution < 1.29 is 26.7 Å². The standard InChI is InChI=1S/C12H6F5N3O/c13-4-1-5(11(18)19-3-4)12(21)20-10-8(16)6(14)2-7(15)9(10)17/h1-3H,(H2,18,19)(H,20,21). The molecule has 0 aliphatic rings. The molecule has 0 saturated carbocycles.